The normalized spacial score (nSPS) is 17.9. The quantitative estimate of drug-likeness (QED) is 0.677. The second-order valence-corrected chi connectivity index (χ2v) is 6.60. The molecule has 0 radical (unpaired) electrons. The standard InChI is InChI=1S/C15H12O2S/c1-15(2)14(17)13(16)12-10-6-4-3-5-9(10)7-8-11(12)18-15/h3-8H,1-2H3. The molecular formula is C15H12O2S. The van der Waals surface area contributed by atoms with Gasteiger partial charge in [0.2, 0.25) is 11.6 Å². The van der Waals surface area contributed by atoms with Crippen molar-refractivity contribution >= 4 is 34.1 Å². The van der Waals surface area contributed by atoms with Gasteiger partial charge in [-0.3, -0.25) is 9.59 Å². The Morgan fingerprint density at radius 1 is 1.00 bits per heavy atom. The van der Waals surface area contributed by atoms with Crippen LogP contribution in [-0.2, 0) is 4.79 Å². The van der Waals surface area contributed by atoms with Crippen LogP contribution in [0.15, 0.2) is 41.3 Å². The van der Waals surface area contributed by atoms with Gasteiger partial charge in [0.15, 0.2) is 0 Å². The molecule has 3 heteroatoms. The summed E-state index contributed by atoms with van der Waals surface area (Å²) < 4.78 is -0.660. The lowest BCUT2D eigenvalue weighted by atomic mass is 9.94. The van der Waals surface area contributed by atoms with Crippen LogP contribution in [0.1, 0.15) is 24.2 Å². The van der Waals surface area contributed by atoms with Crippen LogP contribution in [0.4, 0.5) is 0 Å². The molecule has 0 bridgehead atoms. The fraction of sp³-hybridized carbons (Fsp3) is 0.200. The average molecular weight is 256 g/mol. The van der Waals surface area contributed by atoms with E-state index in [1.807, 2.05) is 36.4 Å². The Kier molecular flexibility index (Phi) is 2.35. The Labute approximate surface area is 109 Å². The van der Waals surface area contributed by atoms with E-state index in [4.69, 9.17) is 0 Å². The summed E-state index contributed by atoms with van der Waals surface area (Å²) >= 11 is 1.47. The molecule has 18 heavy (non-hydrogen) atoms. The van der Waals surface area contributed by atoms with Crippen LogP contribution in [0.3, 0.4) is 0 Å². The zero-order chi connectivity index (χ0) is 12.9. The molecule has 2 aromatic rings. The lowest BCUT2D eigenvalue weighted by molar-refractivity contribution is -0.116. The first-order valence-corrected chi connectivity index (χ1v) is 6.62. The van der Waals surface area contributed by atoms with Crippen molar-refractivity contribution in [3.05, 3.63) is 42.0 Å². The molecule has 90 valence electrons. The van der Waals surface area contributed by atoms with Crippen molar-refractivity contribution in [3.8, 4) is 0 Å². The highest BCUT2D eigenvalue weighted by Crippen LogP contribution is 2.43. The number of carbonyl (C=O) groups is 2. The first kappa shape index (κ1) is 11.5. The van der Waals surface area contributed by atoms with Gasteiger partial charge in [0.25, 0.3) is 0 Å². The summed E-state index contributed by atoms with van der Waals surface area (Å²) in [6.07, 6.45) is 0. The van der Waals surface area contributed by atoms with Crippen LogP contribution in [0.25, 0.3) is 10.8 Å². The van der Waals surface area contributed by atoms with Crippen molar-refractivity contribution in [2.24, 2.45) is 0 Å². The van der Waals surface area contributed by atoms with Crippen molar-refractivity contribution < 1.29 is 9.59 Å². The SMILES string of the molecule is CC1(C)Sc2ccc3ccccc3c2C(=O)C1=O. The van der Waals surface area contributed by atoms with Gasteiger partial charge in [-0.2, -0.15) is 0 Å². The largest absolute Gasteiger partial charge is 0.289 e. The number of carbonyl (C=O) groups excluding carboxylic acids is 2. The Morgan fingerprint density at radius 3 is 2.50 bits per heavy atom. The second-order valence-electron chi connectivity index (χ2n) is 4.93. The van der Waals surface area contributed by atoms with Crippen molar-refractivity contribution in [1.29, 1.82) is 0 Å². The van der Waals surface area contributed by atoms with E-state index >= 15 is 0 Å². The van der Waals surface area contributed by atoms with Crippen LogP contribution < -0.4 is 0 Å². The highest BCUT2D eigenvalue weighted by Gasteiger charge is 2.41. The van der Waals surface area contributed by atoms with E-state index in [0.29, 0.717) is 5.56 Å². The third-order valence-electron chi connectivity index (χ3n) is 3.24. The van der Waals surface area contributed by atoms with Gasteiger partial charge in [0.1, 0.15) is 0 Å². The van der Waals surface area contributed by atoms with Crippen molar-refractivity contribution in [1.82, 2.24) is 0 Å². The maximum absolute atomic E-state index is 12.3. The summed E-state index contributed by atoms with van der Waals surface area (Å²) in [5.41, 5.74) is 0.572. The minimum Gasteiger partial charge on any atom is -0.289 e. The Morgan fingerprint density at radius 2 is 1.72 bits per heavy atom. The van der Waals surface area contributed by atoms with E-state index in [1.165, 1.54) is 11.8 Å². The first-order chi connectivity index (χ1) is 8.50. The molecule has 1 aliphatic rings. The summed E-state index contributed by atoms with van der Waals surface area (Å²) in [6.45, 7) is 3.60. The highest BCUT2D eigenvalue weighted by atomic mass is 32.2. The molecular weight excluding hydrogens is 244 g/mol. The number of thioether (sulfide) groups is 1. The molecule has 2 nitrogen and oxygen atoms in total. The minimum atomic E-state index is -0.660. The third kappa shape index (κ3) is 1.51. The van der Waals surface area contributed by atoms with Gasteiger partial charge in [-0.15, -0.1) is 11.8 Å². The van der Waals surface area contributed by atoms with Gasteiger partial charge in [-0.05, 0) is 30.7 Å². The summed E-state index contributed by atoms with van der Waals surface area (Å²) in [6, 6.07) is 11.6. The summed E-state index contributed by atoms with van der Waals surface area (Å²) in [7, 11) is 0. The molecule has 0 N–H and O–H groups in total. The van der Waals surface area contributed by atoms with E-state index in [9.17, 15) is 9.59 Å². The van der Waals surface area contributed by atoms with Crippen LogP contribution >= 0.6 is 11.8 Å². The van der Waals surface area contributed by atoms with E-state index in [0.717, 1.165) is 15.7 Å². The molecule has 0 atom stereocenters. The van der Waals surface area contributed by atoms with Gasteiger partial charge >= 0.3 is 0 Å². The number of benzene rings is 2. The van der Waals surface area contributed by atoms with E-state index in [-0.39, 0.29) is 11.6 Å². The maximum atomic E-state index is 12.3. The molecule has 0 fully saturated rings. The molecule has 0 amide bonds. The first-order valence-electron chi connectivity index (χ1n) is 5.80. The number of hydrogen-bond acceptors (Lipinski definition) is 3. The van der Waals surface area contributed by atoms with Crippen LogP contribution in [-0.4, -0.2) is 16.3 Å². The van der Waals surface area contributed by atoms with Crippen LogP contribution in [0, 0.1) is 0 Å². The number of Topliss-reactive ketones (excluding diaryl/α,β-unsaturated/α-hetero) is 2. The van der Waals surface area contributed by atoms with Crippen molar-refractivity contribution in [3.63, 3.8) is 0 Å². The number of hydrogen-bond donors (Lipinski definition) is 0. The fourth-order valence-corrected chi connectivity index (χ4v) is 3.45. The lowest BCUT2D eigenvalue weighted by Crippen LogP contribution is -2.38. The molecule has 1 heterocycles. The molecule has 2 aromatic carbocycles. The molecule has 0 unspecified atom stereocenters. The molecule has 3 rings (SSSR count). The van der Waals surface area contributed by atoms with Gasteiger partial charge in [0, 0.05) is 10.5 Å². The van der Waals surface area contributed by atoms with E-state index in [1.54, 1.807) is 13.8 Å². The molecule has 1 aliphatic heterocycles. The monoisotopic (exact) mass is 256 g/mol. The van der Waals surface area contributed by atoms with Gasteiger partial charge in [-0.25, -0.2) is 0 Å². The molecule has 0 spiro atoms. The van der Waals surface area contributed by atoms with Crippen LogP contribution in [0.5, 0.6) is 0 Å². The molecule has 0 aromatic heterocycles. The minimum absolute atomic E-state index is 0.309. The van der Waals surface area contributed by atoms with Gasteiger partial charge in [0.05, 0.1) is 4.75 Å². The Bertz CT molecular complexity index is 686. The second kappa shape index (κ2) is 3.69. The third-order valence-corrected chi connectivity index (χ3v) is 4.49. The van der Waals surface area contributed by atoms with Gasteiger partial charge in [-0.1, -0.05) is 30.3 Å². The molecule has 0 saturated heterocycles. The zero-order valence-electron chi connectivity index (χ0n) is 10.2. The summed E-state index contributed by atoms with van der Waals surface area (Å²) in [5.74, 6) is -0.665. The number of fused-ring (bicyclic) bond motifs is 3. The average Bonchev–Trinajstić information content (AvgIpc) is 2.35. The molecule has 0 saturated carbocycles. The van der Waals surface area contributed by atoms with Crippen molar-refractivity contribution in [2.75, 3.05) is 0 Å². The topological polar surface area (TPSA) is 34.1 Å². The number of rotatable bonds is 0. The zero-order valence-corrected chi connectivity index (χ0v) is 11.0. The smallest absolute Gasteiger partial charge is 0.231 e. The summed E-state index contributed by atoms with van der Waals surface area (Å²) in [5, 5.41) is 1.87. The highest BCUT2D eigenvalue weighted by molar-refractivity contribution is 8.01. The molecule has 0 aliphatic carbocycles. The Hall–Kier alpha value is -1.61. The maximum Gasteiger partial charge on any atom is 0.231 e. The van der Waals surface area contributed by atoms with Crippen molar-refractivity contribution in [2.45, 2.75) is 23.5 Å². The van der Waals surface area contributed by atoms with Gasteiger partial charge < -0.3 is 0 Å². The summed E-state index contributed by atoms with van der Waals surface area (Å²) in [4.78, 5) is 25.3. The van der Waals surface area contributed by atoms with E-state index < -0.39 is 4.75 Å². The lowest BCUT2D eigenvalue weighted by Gasteiger charge is -2.28. The predicted molar refractivity (Wildman–Crippen MR) is 73.2 cm³/mol. The fourth-order valence-electron chi connectivity index (χ4n) is 2.28. The number of ketones is 2. The van der Waals surface area contributed by atoms with Crippen LogP contribution in [0.2, 0.25) is 0 Å². The van der Waals surface area contributed by atoms with E-state index in [2.05, 4.69) is 0 Å². The predicted octanol–water partition coefficient (Wildman–Crippen LogP) is 3.48. The Balaban J connectivity index is 2.36.